The molecule has 7 nitrogen and oxygen atoms in total. The Labute approximate surface area is 200 Å². The number of nitrogens with one attached hydrogen (secondary N) is 1. The highest BCUT2D eigenvalue weighted by Crippen LogP contribution is 2.26. The van der Waals surface area contributed by atoms with E-state index in [0.717, 1.165) is 17.0 Å². The topological polar surface area (TPSA) is 81.9 Å². The smallest absolute Gasteiger partial charge is 0.255 e. The number of ether oxygens (including phenoxy) is 1. The number of amides is 1. The Kier molecular flexibility index (Phi) is 5.88. The van der Waals surface area contributed by atoms with Crippen LogP contribution in [0.4, 0.5) is 5.69 Å². The molecule has 3 aromatic heterocycles. The lowest BCUT2D eigenvalue weighted by Crippen LogP contribution is -2.11. The van der Waals surface area contributed by atoms with E-state index in [-0.39, 0.29) is 5.91 Å². The molecule has 0 aliphatic carbocycles. The van der Waals surface area contributed by atoms with Gasteiger partial charge < -0.3 is 10.1 Å². The summed E-state index contributed by atoms with van der Waals surface area (Å²) in [5.74, 6) is 1.52. The maximum absolute atomic E-state index is 12.6. The van der Waals surface area contributed by atoms with Crippen LogP contribution in [0.25, 0.3) is 16.3 Å². The van der Waals surface area contributed by atoms with Crippen molar-refractivity contribution in [3.8, 4) is 27.9 Å². The number of nitrogens with zero attached hydrogens (tertiary/aromatic N) is 4. The molecule has 0 aliphatic rings. The third-order valence-corrected chi connectivity index (χ3v) is 6.33. The van der Waals surface area contributed by atoms with Crippen molar-refractivity contribution < 1.29 is 9.53 Å². The number of thiophene rings is 1. The molecule has 0 saturated heterocycles. The fraction of sp³-hybridized carbons (Fsp3) is 0.0769. The Morgan fingerprint density at radius 2 is 1.76 bits per heavy atom. The second-order valence-electron chi connectivity index (χ2n) is 7.64. The Morgan fingerprint density at radius 1 is 0.971 bits per heavy atom. The van der Waals surface area contributed by atoms with Gasteiger partial charge in [-0.05, 0) is 67.3 Å². The lowest BCUT2D eigenvalue weighted by atomic mass is 10.1. The number of rotatable bonds is 6. The Morgan fingerprint density at radius 3 is 2.44 bits per heavy atom. The molecule has 2 aromatic carbocycles. The number of aromatic nitrogens is 4. The second kappa shape index (κ2) is 9.29. The van der Waals surface area contributed by atoms with E-state index in [0.29, 0.717) is 28.7 Å². The van der Waals surface area contributed by atoms with Crippen molar-refractivity contribution >= 4 is 22.9 Å². The average Bonchev–Trinajstić information content (AvgIpc) is 3.51. The Balaban J connectivity index is 1.24. The first kappa shape index (κ1) is 21.5. The number of benzene rings is 2. The molecule has 0 atom stereocenters. The van der Waals surface area contributed by atoms with E-state index >= 15 is 0 Å². The van der Waals surface area contributed by atoms with Gasteiger partial charge in [0.1, 0.15) is 24.2 Å². The molecule has 0 unspecified atom stereocenters. The minimum absolute atomic E-state index is 0.169. The summed E-state index contributed by atoms with van der Waals surface area (Å²) in [5, 5.41) is 4.95. The van der Waals surface area contributed by atoms with E-state index in [2.05, 4.69) is 26.3 Å². The summed E-state index contributed by atoms with van der Waals surface area (Å²) in [4.78, 5) is 26.6. The zero-order chi connectivity index (χ0) is 23.5. The maximum Gasteiger partial charge on any atom is 0.255 e. The van der Waals surface area contributed by atoms with Crippen molar-refractivity contribution in [3.63, 3.8) is 0 Å². The molecule has 1 amide bonds. The fourth-order valence-corrected chi connectivity index (χ4v) is 4.14. The summed E-state index contributed by atoms with van der Waals surface area (Å²) in [6.07, 6.45) is 3.18. The van der Waals surface area contributed by atoms with Gasteiger partial charge in [0.2, 0.25) is 5.88 Å². The number of anilines is 1. The van der Waals surface area contributed by atoms with Crippen LogP contribution in [-0.4, -0.2) is 25.4 Å². The zero-order valence-corrected chi connectivity index (χ0v) is 19.4. The number of carbonyl (C=O) groups excluding carboxylic acids is 1. The summed E-state index contributed by atoms with van der Waals surface area (Å²) in [6.45, 7) is 3.93. The van der Waals surface area contributed by atoms with Crippen LogP contribution in [-0.2, 0) is 0 Å². The third-order valence-electron chi connectivity index (χ3n) is 5.41. The van der Waals surface area contributed by atoms with Crippen molar-refractivity contribution in [3.05, 3.63) is 102 Å². The number of hydrogen-bond acceptors (Lipinski definition) is 6. The van der Waals surface area contributed by atoms with Crippen LogP contribution in [0.1, 0.15) is 21.7 Å². The van der Waals surface area contributed by atoms with Gasteiger partial charge in [0.15, 0.2) is 0 Å². The van der Waals surface area contributed by atoms with Crippen molar-refractivity contribution in [2.45, 2.75) is 13.8 Å². The van der Waals surface area contributed by atoms with Gasteiger partial charge >= 0.3 is 0 Å². The van der Waals surface area contributed by atoms with Crippen molar-refractivity contribution in [1.29, 1.82) is 0 Å². The Bertz CT molecular complexity index is 1430. The van der Waals surface area contributed by atoms with E-state index in [9.17, 15) is 4.79 Å². The van der Waals surface area contributed by atoms with Crippen molar-refractivity contribution in [2.24, 2.45) is 0 Å². The van der Waals surface area contributed by atoms with Gasteiger partial charge in [-0.1, -0.05) is 18.2 Å². The number of hydrogen-bond donors (Lipinski definition) is 1. The van der Waals surface area contributed by atoms with Gasteiger partial charge in [0.05, 0.1) is 5.69 Å². The molecule has 168 valence electrons. The summed E-state index contributed by atoms with van der Waals surface area (Å²) >= 11 is 1.67. The van der Waals surface area contributed by atoms with Gasteiger partial charge in [0, 0.05) is 27.9 Å². The van der Waals surface area contributed by atoms with Gasteiger partial charge in [-0.3, -0.25) is 9.36 Å². The lowest BCUT2D eigenvalue weighted by Gasteiger charge is -2.09. The van der Waals surface area contributed by atoms with Crippen LogP contribution in [0.15, 0.2) is 84.8 Å². The number of imidazole rings is 1. The highest BCUT2D eigenvalue weighted by molar-refractivity contribution is 7.13. The second-order valence-corrected chi connectivity index (χ2v) is 8.58. The minimum atomic E-state index is -0.169. The van der Waals surface area contributed by atoms with Gasteiger partial charge in [0.25, 0.3) is 5.91 Å². The molecule has 0 fully saturated rings. The van der Waals surface area contributed by atoms with Crippen LogP contribution in [0.2, 0.25) is 0 Å². The lowest BCUT2D eigenvalue weighted by molar-refractivity contribution is 0.102. The standard InChI is InChI=1S/C26H21N5O2S/c1-17-18(2)31(16-29-17)24-14-25(28-15-27-24)33-22-11-9-21(10-12-22)30-26(32)20-7-5-19(6-8-20)23-4-3-13-34-23/h3-16H,1-2H3,(H,30,32). The Hall–Kier alpha value is -4.30. The van der Waals surface area contributed by atoms with Crippen LogP contribution >= 0.6 is 11.3 Å². The molecule has 5 aromatic rings. The zero-order valence-electron chi connectivity index (χ0n) is 18.6. The highest BCUT2D eigenvalue weighted by Gasteiger charge is 2.10. The van der Waals surface area contributed by atoms with Crippen LogP contribution in [0.3, 0.4) is 0 Å². The monoisotopic (exact) mass is 467 g/mol. The maximum atomic E-state index is 12.6. The van der Waals surface area contributed by atoms with Crippen LogP contribution < -0.4 is 10.1 Å². The molecular weight excluding hydrogens is 446 g/mol. The average molecular weight is 468 g/mol. The first-order valence-electron chi connectivity index (χ1n) is 10.6. The normalized spacial score (nSPS) is 10.8. The first-order chi connectivity index (χ1) is 16.6. The van der Waals surface area contributed by atoms with E-state index in [4.69, 9.17) is 4.74 Å². The van der Waals surface area contributed by atoms with E-state index in [1.165, 1.54) is 11.2 Å². The van der Waals surface area contributed by atoms with E-state index < -0.39 is 0 Å². The molecule has 0 radical (unpaired) electrons. The molecular formula is C26H21N5O2S. The highest BCUT2D eigenvalue weighted by atomic mass is 32.1. The largest absolute Gasteiger partial charge is 0.439 e. The molecule has 3 heterocycles. The summed E-state index contributed by atoms with van der Waals surface area (Å²) < 4.78 is 7.77. The van der Waals surface area contributed by atoms with E-state index in [1.54, 1.807) is 48.0 Å². The molecule has 0 aliphatic heterocycles. The SMILES string of the molecule is Cc1ncn(-c2cc(Oc3ccc(NC(=O)c4ccc(-c5cccs5)cc4)cc3)ncn2)c1C. The summed E-state index contributed by atoms with van der Waals surface area (Å²) in [5.41, 5.74) is 4.31. The minimum Gasteiger partial charge on any atom is -0.439 e. The molecule has 0 bridgehead atoms. The van der Waals surface area contributed by atoms with Crippen molar-refractivity contribution in [2.75, 3.05) is 5.32 Å². The molecule has 8 heteroatoms. The van der Waals surface area contributed by atoms with Crippen LogP contribution in [0, 0.1) is 13.8 Å². The predicted molar refractivity (Wildman–Crippen MR) is 133 cm³/mol. The van der Waals surface area contributed by atoms with Crippen LogP contribution in [0.5, 0.6) is 11.6 Å². The predicted octanol–water partition coefficient (Wildman–Crippen LogP) is 6.05. The molecule has 34 heavy (non-hydrogen) atoms. The molecule has 1 N–H and O–H groups in total. The molecule has 0 spiro atoms. The molecule has 5 rings (SSSR count). The summed E-state index contributed by atoms with van der Waals surface area (Å²) in [7, 11) is 0. The molecule has 0 saturated carbocycles. The summed E-state index contributed by atoms with van der Waals surface area (Å²) in [6, 6.07) is 20.6. The quantitative estimate of drug-likeness (QED) is 0.329. The van der Waals surface area contributed by atoms with Crippen molar-refractivity contribution in [1.82, 2.24) is 19.5 Å². The number of carbonyl (C=O) groups is 1. The van der Waals surface area contributed by atoms with E-state index in [1.807, 2.05) is 54.1 Å². The number of aryl methyl sites for hydroxylation is 1. The fourth-order valence-electron chi connectivity index (χ4n) is 3.41. The van der Waals surface area contributed by atoms with Gasteiger partial charge in [-0.25, -0.2) is 15.0 Å². The first-order valence-corrected chi connectivity index (χ1v) is 11.5. The third kappa shape index (κ3) is 4.57. The van der Waals surface area contributed by atoms with Gasteiger partial charge in [-0.2, -0.15) is 0 Å². The van der Waals surface area contributed by atoms with Gasteiger partial charge in [-0.15, -0.1) is 11.3 Å².